The lowest BCUT2D eigenvalue weighted by molar-refractivity contribution is -0.152. The Morgan fingerprint density at radius 2 is 1.83 bits per heavy atom. The zero-order chi connectivity index (χ0) is 21.6. The molecule has 1 aliphatic heterocycles. The van der Waals surface area contributed by atoms with Gasteiger partial charge in [0, 0.05) is 12.0 Å². The first-order valence-electron chi connectivity index (χ1n) is 10.1. The van der Waals surface area contributed by atoms with Gasteiger partial charge in [-0.05, 0) is 31.7 Å². The Balaban J connectivity index is 2.19. The summed E-state index contributed by atoms with van der Waals surface area (Å²) in [6.45, 7) is 7.53. The zero-order valence-corrected chi connectivity index (χ0v) is 17.6. The van der Waals surface area contributed by atoms with Crippen molar-refractivity contribution in [3.63, 3.8) is 0 Å². The maximum Gasteiger partial charge on any atom is 0.333 e. The fourth-order valence-corrected chi connectivity index (χ4v) is 3.25. The van der Waals surface area contributed by atoms with Gasteiger partial charge in [0.1, 0.15) is 6.04 Å². The average molecular weight is 402 g/mol. The van der Waals surface area contributed by atoms with E-state index in [1.54, 1.807) is 45.0 Å². The molecule has 1 aromatic rings. The Bertz CT molecular complexity index is 760. The molecule has 1 N–H and O–H groups in total. The Morgan fingerprint density at radius 3 is 2.41 bits per heavy atom. The first kappa shape index (κ1) is 22.6. The predicted molar refractivity (Wildman–Crippen MR) is 108 cm³/mol. The van der Waals surface area contributed by atoms with Crippen LogP contribution in [0.5, 0.6) is 0 Å². The number of ether oxygens (including phenoxy) is 1. The van der Waals surface area contributed by atoms with Gasteiger partial charge in [-0.15, -0.1) is 0 Å². The van der Waals surface area contributed by atoms with Crippen molar-refractivity contribution >= 4 is 23.6 Å². The molecular formula is C22H30N2O5. The first-order valence-corrected chi connectivity index (χ1v) is 10.1. The third-order valence-electron chi connectivity index (χ3n) is 5.45. The van der Waals surface area contributed by atoms with Crippen LogP contribution in [0.2, 0.25) is 0 Å². The number of hydrogen-bond acceptors (Lipinski definition) is 5. The lowest BCUT2D eigenvalue weighted by atomic mass is 9.84. The lowest BCUT2D eigenvalue weighted by Crippen LogP contribution is -2.51. The SMILES string of the molecule is CCOC(=O)[C@H](NC(=O)[C@@H]1CCCN1C(=O)C(=O)C(C)(C)CC)c1ccccc1. The molecule has 0 bridgehead atoms. The molecule has 0 unspecified atom stereocenters. The Labute approximate surface area is 171 Å². The van der Waals surface area contributed by atoms with Crippen molar-refractivity contribution in [2.24, 2.45) is 5.41 Å². The minimum atomic E-state index is -0.969. The average Bonchev–Trinajstić information content (AvgIpc) is 3.21. The molecule has 158 valence electrons. The number of hydrogen-bond donors (Lipinski definition) is 1. The molecule has 0 radical (unpaired) electrons. The molecule has 1 aliphatic rings. The Morgan fingerprint density at radius 1 is 1.17 bits per heavy atom. The molecule has 0 aromatic heterocycles. The predicted octanol–water partition coefficient (Wildman–Crippen LogP) is 2.40. The van der Waals surface area contributed by atoms with Crippen molar-refractivity contribution in [2.75, 3.05) is 13.2 Å². The highest BCUT2D eigenvalue weighted by Gasteiger charge is 2.42. The second-order valence-corrected chi connectivity index (χ2v) is 7.83. The molecule has 1 aromatic carbocycles. The van der Waals surface area contributed by atoms with Crippen molar-refractivity contribution in [1.29, 1.82) is 0 Å². The van der Waals surface area contributed by atoms with E-state index in [9.17, 15) is 19.2 Å². The van der Waals surface area contributed by atoms with Crippen molar-refractivity contribution in [3.8, 4) is 0 Å². The van der Waals surface area contributed by atoms with Crippen LogP contribution in [0.25, 0.3) is 0 Å². The number of nitrogens with one attached hydrogen (secondary N) is 1. The summed E-state index contributed by atoms with van der Waals surface area (Å²) in [5.41, 5.74) is -0.184. The zero-order valence-electron chi connectivity index (χ0n) is 17.6. The molecule has 7 heteroatoms. The van der Waals surface area contributed by atoms with E-state index in [0.29, 0.717) is 31.4 Å². The highest BCUT2D eigenvalue weighted by Crippen LogP contribution is 2.26. The van der Waals surface area contributed by atoms with Crippen LogP contribution in [0.1, 0.15) is 58.6 Å². The van der Waals surface area contributed by atoms with Gasteiger partial charge < -0.3 is 15.0 Å². The number of carbonyl (C=O) groups is 4. The third kappa shape index (κ3) is 5.22. The van der Waals surface area contributed by atoms with Crippen LogP contribution in [-0.2, 0) is 23.9 Å². The topological polar surface area (TPSA) is 92.8 Å². The van der Waals surface area contributed by atoms with E-state index in [-0.39, 0.29) is 6.61 Å². The summed E-state index contributed by atoms with van der Waals surface area (Å²) in [4.78, 5) is 52.1. The number of nitrogens with zero attached hydrogens (tertiary/aromatic N) is 1. The summed E-state index contributed by atoms with van der Waals surface area (Å²) in [5.74, 6) is -2.16. The van der Waals surface area contributed by atoms with Crippen LogP contribution < -0.4 is 5.32 Å². The van der Waals surface area contributed by atoms with E-state index in [1.807, 2.05) is 13.0 Å². The van der Waals surface area contributed by atoms with Gasteiger partial charge in [0.2, 0.25) is 11.7 Å². The molecule has 0 saturated carbocycles. The molecule has 1 fully saturated rings. The maximum atomic E-state index is 13.0. The second kappa shape index (κ2) is 9.67. The van der Waals surface area contributed by atoms with Crippen LogP contribution in [0, 0.1) is 5.41 Å². The standard InChI is InChI=1S/C22H30N2O5/c1-5-22(3,4)18(25)20(27)24-14-10-13-16(24)19(26)23-17(21(28)29-6-2)15-11-8-7-9-12-15/h7-9,11-12,16-17H,5-6,10,13-14H2,1-4H3,(H,23,26)/t16-,17+/m0/s1. The van der Waals surface area contributed by atoms with Gasteiger partial charge in [-0.3, -0.25) is 14.4 Å². The number of carbonyl (C=O) groups excluding carboxylic acids is 4. The highest BCUT2D eigenvalue weighted by molar-refractivity contribution is 6.38. The van der Waals surface area contributed by atoms with Crippen molar-refractivity contribution in [2.45, 2.75) is 59.0 Å². The van der Waals surface area contributed by atoms with Crippen LogP contribution in [0.4, 0.5) is 0 Å². The maximum absolute atomic E-state index is 13.0. The number of rotatable bonds is 8. The lowest BCUT2D eigenvalue weighted by Gasteiger charge is -2.28. The normalized spacial score (nSPS) is 17.5. The summed E-state index contributed by atoms with van der Waals surface area (Å²) < 4.78 is 5.11. The summed E-state index contributed by atoms with van der Waals surface area (Å²) in [6, 6.07) is 7.06. The number of likely N-dealkylation sites (tertiary alicyclic amines) is 1. The number of Topliss-reactive ketones (excluding diaryl/α,β-unsaturated/α-hetero) is 1. The number of ketones is 1. The second-order valence-electron chi connectivity index (χ2n) is 7.83. The summed E-state index contributed by atoms with van der Waals surface area (Å²) in [6.07, 6.45) is 1.60. The molecular weight excluding hydrogens is 372 g/mol. The van der Waals surface area contributed by atoms with Gasteiger partial charge >= 0.3 is 5.97 Å². The summed E-state index contributed by atoms with van der Waals surface area (Å²) in [5, 5.41) is 2.72. The van der Waals surface area contributed by atoms with E-state index in [4.69, 9.17) is 4.74 Å². The molecule has 2 rings (SSSR count). The molecule has 29 heavy (non-hydrogen) atoms. The van der Waals surface area contributed by atoms with E-state index in [1.165, 1.54) is 4.90 Å². The van der Waals surface area contributed by atoms with E-state index in [0.717, 1.165) is 0 Å². The Kier molecular flexibility index (Phi) is 7.53. The highest BCUT2D eigenvalue weighted by atomic mass is 16.5. The van der Waals surface area contributed by atoms with Crippen LogP contribution >= 0.6 is 0 Å². The summed E-state index contributed by atoms with van der Waals surface area (Å²) >= 11 is 0. The smallest absolute Gasteiger partial charge is 0.333 e. The fourth-order valence-electron chi connectivity index (χ4n) is 3.25. The first-order chi connectivity index (χ1) is 13.7. The van der Waals surface area contributed by atoms with Gasteiger partial charge in [0.15, 0.2) is 6.04 Å². The van der Waals surface area contributed by atoms with Crippen LogP contribution in [-0.4, -0.2) is 47.7 Å². The molecule has 2 amide bonds. The van der Waals surface area contributed by atoms with E-state index in [2.05, 4.69) is 5.32 Å². The quantitative estimate of drug-likeness (QED) is 0.532. The van der Waals surface area contributed by atoms with Crippen LogP contribution in [0.3, 0.4) is 0 Å². The Hall–Kier alpha value is -2.70. The monoisotopic (exact) mass is 402 g/mol. The molecule has 0 spiro atoms. The molecule has 1 heterocycles. The van der Waals surface area contributed by atoms with Crippen molar-refractivity contribution in [3.05, 3.63) is 35.9 Å². The number of amides is 2. The number of esters is 1. The minimum Gasteiger partial charge on any atom is -0.464 e. The van der Waals surface area contributed by atoms with E-state index < -0.39 is 41.1 Å². The molecule has 2 atom stereocenters. The summed E-state index contributed by atoms with van der Waals surface area (Å²) in [7, 11) is 0. The fraction of sp³-hybridized carbons (Fsp3) is 0.545. The molecule has 0 aliphatic carbocycles. The van der Waals surface area contributed by atoms with Crippen molar-refractivity contribution in [1.82, 2.24) is 10.2 Å². The largest absolute Gasteiger partial charge is 0.464 e. The van der Waals surface area contributed by atoms with Gasteiger partial charge in [0.05, 0.1) is 6.61 Å². The molecule has 1 saturated heterocycles. The van der Waals surface area contributed by atoms with Gasteiger partial charge in [-0.2, -0.15) is 0 Å². The van der Waals surface area contributed by atoms with Crippen molar-refractivity contribution < 1.29 is 23.9 Å². The number of benzene rings is 1. The van der Waals surface area contributed by atoms with Gasteiger partial charge in [-0.25, -0.2) is 4.79 Å². The molecule has 7 nitrogen and oxygen atoms in total. The van der Waals surface area contributed by atoms with E-state index >= 15 is 0 Å². The van der Waals surface area contributed by atoms with Gasteiger partial charge in [0.25, 0.3) is 5.91 Å². The third-order valence-corrected chi connectivity index (χ3v) is 5.45. The minimum absolute atomic E-state index is 0.187. The van der Waals surface area contributed by atoms with Crippen LogP contribution in [0.15, 0.2) is 30.3 Å². The van der Waals surface area contributed by atoms with Gasteiger partial charge in [-0.1, -0.05) is 51.1 Å².